The summed E-state index contributed by atoms with van der Waals surface area (Å²) in [4.78, 5) is 0. The Hall–Kier alpha value is -2.41. The van der Waals surface area contributed by atoms with Crippen LogP contribution in [-0.4, -0.2) is 7.11 Å². The maximum absolute atomic E-state index is 9.23. The minimum atomic E-state index is 0.148. The van der Waals surface area contributed by atoms with E-state index in [0.29, 0.717) is 22.6 Å². The van der Waals surface area contributed by atoms with Crippen LogP contribution in [0.15, 0.2) is 16.5 Å². The number of furan rings is 1. The SMILES string of the molecule is COc1cc(C)c(C)cc1-c1c(C)oc(N)c1C#N. The molecule has 0 bridgehead atoms. The second-order valence-electron chi connectivity index (χ2n) is 4.52. The molecule has 2 N–H and O–H groups in total. The van der Waals surface area contributed by atoms with Gasteiger partial charge in [-0.15, -0.1) is 0 Å². The van der Waals surface area contributed by atoms with Crippen LogP contribution >= 0.6 is 0 Å². The zero-order valence-electron chi connectivity index (χ0n) is 11.5. The van der Waals surface area contributed by atoms with Crippen molar-refractivity contribution in [1.82, 2.24) is 0 Å². The summed E-state index contributed by atoms with van der Waals surface area (Å²) in [5.74, 6) is 1.48. The summed E-state index contributed by atoms with van der Waals surface area (Å²) in [6.45, 7) is 5.83. The molecule has 19 heavy (non-hydrogen) atoms. The molecule has 0 fully saturated rings. The monoisotopic (exact) mass is 256 g/mol. The molecule has 0 aliphatic heterocycles. The van der Waals surface area contributed by atoms with Crippen molar-refractivity contribution in [2.75, 3.05) is 12.8 Å². The predicted molar refractivity (Wildman–Crippen MR) is 74.0 cm³/mol. The number of hydrogen-bond acceptors (Lipinski definition) is 4. The highest BCUT2D eigenvalue weighted by molar-refractivity contribution is 5.81. The van der Waals surface area contributed by atoms with Crippen LogP contribution in [0.1, 0.15) is 22.5 Å². The van der Waals surface area contributed by atoms with Crippen molar-refractivity contribution in [3.63, 3.8) is 0 Å². The second kappa shape index (κ2) is 4.69. The molecule has 0 aliphatic carbocycles. The van der Waals surface area contributed by atoms with Gasteiger partial charge >= 0.3 is 0 Å². The van der Waals surface area contributed by atoms with E-state index in [1.54, 1.807) is 14.0 Å². The molecule has 0 saturated carbocycles. The number of nitrogens with two attached hydrogens (primary N) is 1. The van der Waals surface area contributed by atoms with E-state index in [1.807, 2.05) is 26.0 Å². The zero-order valence-corrected chi connectivity index (χ0v) is 11.5. The van der Waals surface area contributed by atoms with Crippen LogP contribution in [0.3, 0.4) is 0 Å². The molecule has 1 aromatic carbocycles. The highest BCUT2D eigenvalue weighted by atomic mass is 16.5. The maximum Gasteiger partial charge on any atom is 0.209 e. The molecule has 1 aromatic heterocycles. The average molecular weight is 256 g/mol. The summed E-state index contributed by atoms with van der Waals surface area (Å²) >= 11 is 0. The number of methoxy groups -OCH3 is 1. The zero-order chi connectivity index (χ0) is 14.2. The third kappa shape index (κ3) is 2.04. The molecule has 4 nitrogen and oxygen atoms in total. The Morgan fingerprint density at radius 3 is 2.42 bits per heavy atom. The summed E-state index contributed by atoms with van der Waals surface area (Å²) in [5, 5.41) is 9.23. The lowest BCUT2D eigenvalue weighted by atomic mass is 9.97. The van der Waals surface area contributed by atoms with E-state index in [-0.39, 0.29) is 5.88 Å². The number of aryl methyl sites for hydroxylation is 3. The van der Waals surface area contributed by atoms with Crippen molar-refractivity contribution < 1.29 is 9.15 Å². The van der Waals surface area contributed by atoms with E-state index in [2.05, 4.69) is 6.07 Å². The molecule has 2 rings (SSSR count). The Morgan fingerprint density at radius 1 is 1.21 bits per heavy atom. The van der Waals surface area contributed by atoms with Gasteiger partial charge in [-0.1, -0.05) is 0 Å². The van der Waals surface area contributed by atoms with Crippen LogP contribution in [0.5, 0.6) is 5.75 Å². The fraction of sp³-hybridized carbons (Fsp3) is 0.267. The third-order valence-corrected chi connectivity index (χ3v) is 3.31. The molecule has 1 heterocycles. The minimum Gasteiger partial charge on any atom is -0.496 e. The van der Waals surface area contributed by atoms with E-state index in [1.165, 1.54) is 0 Å². The van der Waals surface area contributed by atoms with Gasteiger partial charge in [0.2, 0.25) is 5.88 Å². The van der Waals surface area contributed by atoms with Gasteiger partial charge in [-0.2, -0.15) is 5.26 Å². The summed E-state index contributed by atoms with van der Waals surface area (Å²) in [5.41, 5.74) is 9.88. The normalized spacial score (nSPS) is 10.3. The van der Waals surface area contributed by atoms with Crippen LogP contribution in [0, 0.1) is 32.1 Å². The van der Waals surface area contributed by atoms with E-state index >= 15 is 0 Å². The van der Waals surface area contributed by atoms with Crippen LogP contribution in [0.25, 0.3) is 11.1 Å². The van der Waals surface area contributed by atoms with Gasteiger partial charge < -0.3 is 14.9 Å². The molecule has 98 valence electrons. The van der Waals surface area contributed by atoms with Crippen molar-refractivity contribution in [2.45, 2.75) is 20.8 Å². The smallest absolute Gasteiger partial charge is 0.209 e. The van der Waals surface area contributed by atoms with Gasteiger partial charge in [0.15, 0.2) is 0 Å². The quantitative estimate of drug-likeness (QED) is 0.894. The molecule has 0 atom stereocenters. The number of hydrogen-bond donors (Lipinski definition) is 1. The second-order valence-corrected chi connectivity index (χ2v) is 4.52. The highest BCUT2D eigenvalue weighted by Gasteiger charge is 2.20. The van der Waals surface area contributed by atoms with Gasteiger partial charge in [0.1, 0.15) is 23.1 Å². The van der Waals surface area contributed by atoms with Gasteiger partial charge in [-0.3, -0.25) is 0 Å². The molecule has 0 saturated heterocycles. The minimum absolute atomic E-state index is 0.148. The van der Waals surface area contributed by atoms with E-state index in [0.717, 1.165) is 16.7 Å². The Balaban J connectivity index is 2.79. The molecule has 0 unspecified atom stereocenters. The van der Waals surface area contributed by atoms with Crippen molar-refractivity contribution >= 4 is 5.88 Å². The number of ether oxygens (including phenoxy) is 1. The van der Waals surface area contributed by atoms with Gasteiger partial charge in [-0.25, -0.2) is 0 Å². The lowest BCUT2D eigenvalue weighted by Crippen LogP contribution is -1.94. The number of anilines is 1. The molecule has 2 aromatic rings. The molecule has 0 radical (unpaired) electrons. The first kappa shape index (κ1) is 13.0. The van der Waals surface area contributed by atoms with Gasteiger partial charge in [-0.05, 0) is 44.0 Å². The summed E-state index contributed by atoms with van der Waals surface area (Å²) < 4.78 is 10.8. The van der Waals surface area contributed by atoms with Gasteiger partial charge in [0.25, 0.3) is 0 Å². The van der Waals surface area contributed by atoms with Gasteiger partial charge in [0.05, 0.1) is 7.11 Å². The fourth-order valence-corrected chi connectivity index (χ4v) is 2.16. The first-order valence-corrected chi connectivity index (χ1v) is 5.94. The first-order valence-electron chi connectivity index (χ1n) is 5.94. The molecule has 0 aliphatic rings. The van der Waals surface area contributed by atoms with E-state index in [9.17, 15) is 5.26 Å². The first-order chi connectivity index (χ1) is 8.99. The Bertz CT molecular complexity index is 678. The number of nitriles is 1. The Morgan fingerprint density at radius 2 is 1.84 bits per heavy atom. The van der Waals surface area contributed by atoms with E-state index in [4.69, 9.17) is 14.9 Å². The topological polar surface area (TPSA) is 72.2 Å². The molecule has 0 spiro atoms. The molecular weight excluding hydrogens is 240 g/mol. The summed E-state index contributed by atoms with van der Waals surface area (Å²) in [6.07, 6.45) is 0. The van der Waals surface area contributed by atoms with Crippen molar-refractivity contribution in [3.8, 4) is 22.9 Å². The number of benzene rings is 1. The standard InChI is InChI=1S/C15H16N2O2/c1-8-5-11(13(18-4)6-9(8)2)14-10(3)19-15(17)12(14)7-16/h5-6H,17H2,1-4H3. The Labute approximate surface area is 112 Å². The Kier molecular flexibility index (Phi) is 3.22. The number of nitrogens with zero attached hydrogens (tertiary/aromatic N) is 1. The molecular formula is C15H16N2O2. The highest BCUT2D eigenvalue weighted by Crippen LogP contribution is 2.39. The van der Waals surface area contributed by atoms with Gasteiger partial charge in [0, 0.05) is 11.1 Å². The van der Waals surface area contributed by atoms with Crippen LogP contribution in [-0.2, 0) is 0 Å². The predicted octanol–water partition coefficient (Wildman–Crippen LogP) is 3.33. The van der Waals surface area contributed by atoms with Crippen LogP contribution < -0.4 is 10.5 Å². The molecule has 0 amide bonds. The lowest BCUT2D eigenvalue weighted by Gasteiger charge is -2.11. The van der Waals surface area contributed by atoms with Crippen molar-refractivity contribution in [3.05, 3.63) is 34.6 Å². The van der Waals surface area contributed by atoms with Crippen LogP contribution in [0.2, 0.25) is 0 Å². The average Bonchev–Trinajstić information content (AvgIpc) is 2.66. The van der Waals surface area contributed by atoms with Crippen LogP contribution in [0.4, 0.5) is 5.88 Å². The summed E-state index contributed by atoms with van der Waals surface area (Å²) in [7, 11) is 1.61. The number of rotatable bonds is 2. The number of nitrogen functional groups attached to an aromatic ring is 1. The third-order valence-electron chi connectivity index (χ3n) is 3.31. The van der Waals surface area contributed by atoms with Crippen molar-refractivity contribution in [1.29, 1.82) is 5.26 Å². The molecule has 4 heteroatoms. The lowest BCUT2D eigenvalue weighted by molar-refractivity contribution is 0.416. The maximum atomic E-state index is 9.23. The fourth-order valence-electron chi connectivity index (χ4n) is 2.16. The van der Waals surface area contributed by atoms with E-state index < -0.39 is 0 Å². The summed E-state index contributed by atoms with van der Waals surface area (Å²) in [6, 6.07) is 6.04. The van der Waals surface area contributed by atoms with Crippen molar-refractivity contribution in [2.24, 2.45) is 0 Å². The largest absolute Gasteiger partial charge is 0.496 e.